The highest BCUT2D eigenvalue weighted by Crippen LogP contribution is 2.63. The maximum Gasteiger partial charge on any atom is 0.309 e. The molecule has 22 heavy (non-hydrogen) atoms. The van der Waals surface area contributed by atoms with E-state index in [1.807, 2.05) is 6.92 Å². The van der Waals surface area contributed by atoms with Crippen LogP contribution in [-0.2, 0) is 4.79 Å². The van der Waals surface area contributed by atoms with E-state index in [4.69, 9.17) is 0 Å². The molecular formula is C20H30O2. The highest BCUT2D eigenvalue weighted by molar-refractivity contribution is 5.75. The van der Waals surface area contributed by atoms with Gasteiger partial charge in [-0.1, -0.05) is 38.0 Å². The lowest BCUT2D eigenvalue weighted by atomic mass is 9.45. The molecule has 0 aromatic carbocycles. The maximum atomic E-state index is 12.0. The monoisotopic (exact) mass is 302 g/mol. The fourth-order valence-corrected chi connectivity index (χ4v) is 5.94. The molecule has 0 aromatic heterocycles. The molecule has 2 nitrogen and oxygen atoms in total. The molecule has 0 aliphatic heterocycles. The maximum absolute atomic E-state index is 12.0. The number of carboxylic acids is 1. The number of carbonyl (C=O) groups is 1. The molecule has 2 saturated carbocycles. The van der Waals surface area contributed by atoms with Crippen molar-refractivity contribution in [3.05, 3.63) is 24.3 Å². The van der Waals surface area contributed by atoms with Gasteiger partial charge in [-0.2, -0.15) is 0 Å². The van der Waals surface area contributed by atoms with Gasteiger partial charge in [-0.05, 0) is 62.7 Å². The summed E-state index contributed by atoms with van der Waals surface area (Å²) in [6.07, 6.45) is 12.1. The summed E-state index contributed by atoms with van der Waals surface area (Å²) < 4.78 is 0. The van der Waals surface area contributed by atoms with Crippen molar-refractivity contribution in [1.29, 1.82) is 0 Å². The second kappa shape index (κ2) is 4.97. The Balaban J connectivity index is 1.99. The first-order valence-corrected chi connectivity index (χ1v) is 8.84. The van der Waals surface area contributed by atoms with Gasteiger partial charge in [0.25, 0.3) is 0 Å². The van der Waals surface area contributed by atoms with Gasteiger partial charge in [0.15, 0.2) is 0 Å². The Morgan fingerprint density at radius 3 is 2.64 bits per heavy atom. The van der Waals surface area contributed by atoms with Crippen LogP contribution in [0.15, 0.2) is 24.3 Å². The molecule has 0 spiro atoms. The van der Waals surface area contributed by atoms with E-state index >= 15 is 0 Å². The van der Waals surface area contributed by atoms with Crippen LogP contribution in [0.25, 0.3) is 0 Å². The molecule has 122 valence electrons. The SMILES string of the molecule is C=C[C@@]1(C)C=C2CC[C@@H]3[C@](C)(CCC[C@]3(C)C(=O)O)[C@@H]2CC1. The Morgan fingerprint density at radius 2 is 2.00 bits per heavy atom. The molecule has 0 heterocycles. The fourth-order valence-electron chi connectivity index (χ4n) is 5.94. The Bertz CT molecular complexity index is 534. The molecule has 1 N–H and O–H groups in total. The Kier molecular flexibility index (Phi) is 3.58. The zero-order valence-electron chi connectivity index (χ0n) is 14.3. The van der Waals surface area contributed by atoms with Crippen LogP contribution in [0.2, 0.25) is 0 Å². The third-order valence-corrected chi connectivity index (χ3v) is 7.38. The van der Waals surface area contributed by atoms with Gasteiger partial charge in [-0.25, -0.2) is 0 Å². The Morgan fingerprint density at radius 1 is 1.27 bits per heavy atom. The van der Waals surface area contributed by atoms with Crippen LogP contribution in [0.4, 0.5) is 0 Å². The molecule has 3 aliphatic carbocycles. The summed E-state index contributed by atoms with van der Waals surface area (Å²) in [6, 6.07) is 0. The summed E-state index contributed by atoms with van der Waals surface area (Å²) in [5.74, 6) is 0.322. The Hall–Kier alpha value is -1.05. The van der Waals surface area contributed by atoms with E-state index in [2.05, 4.69) is 32.6 Å². The third-order valence-electron chi connectivity index (χ3n) is 7.38. The van der Waals surface area contributed by atoms with Crippen LogP contribution in [-0.4, -0.2) is 11.1 Å². The second-order valence-electron chi connectivity index (χ2n) is 8.69. The summed E-state index contributed by atoms with van der Waals surface area (Å²) in [5, 5.41) is 9.84. The van der Waals surface area contributed by atoms with Crippen LogP contribution in [0.1, 0.15) is 65.7 Å². The quantitative estimate of drug-likeness (QED) is 0.711. The molecule has 2 heteroatoms. The lowest BCUT2D eigenvalue weighted by Crippen LogP contribution is -2.54. The molecule has 0 radical (unpaired) electrons. The number of allylic oxidation sites excluding steroid dienone is 3. The van der Waals surface area contributed by atoms with Gasteiger partial charge >= 0.3 is 5.97 Å². The molecule has 3 rings (SSSR count). The summed E-state index contributed by atoms with van der Waals surface area (Å²) >= 11 is 0. The summed E-state index contributed by atoms with van der Waals surface area (Å²) in [7, 11) is 0. The average Bonchev–Trinajstić information content (AvgIpc) is 2.46. The first kappa shape index (κ1) is 15.8. The normalized spacial score (nSPS) is 47.9. The number of hydrogen-bond donors (Lipinski definition) is 1. The van der Waals surface area contributed by atoms with Crippen molar-refractivity contribution in [2.24, 2.45) is 28.1 Å². The van der Waals surface area contributed by atoms with E-state index in [0.717, 1.165) is 32.1 Å². The average molecular weight is 302 g/mol. The van der Waals surface area contributed by atoms with Crippen LogP contribution < -0.4 is 0 Å². The predicted molar refractivity (Wildman–Crippen MR) is 89.5 cm³/mol. The molecule has 2 fully saturated rings. The van der Waals surface area contributed by atoms with Crippen molar-refractivity contribution < 1.29 is 9.90 Å². The lowest BCUT2D eigenvalue weighted by Gasteiger charge is -2.59. The smallest absolute Gasteiger partial charge is 0.309 e. The van der Waals surface area contributed by atoms with E-state index in [9.17, 15) is 9.90 Å². The summed E-state index contributed by atoms with van der Waals surface area (Å²) in [5.41, 5.74) is 1.36. The van der Waals surface area contributed by atoms with E-state index in [1.54, 1.807) is 5.57 Å². The van der Waals surface area contributed by atoms with Gasteiger partial charge < -0.3 is 5.11 Å². The van der Waals surface area contributed by atoms with Crippen molar-refractivity contribution in [3.63, 3.8) is 0 Å². The molecule has 0 amide bonds. The topological polar surface area (TPSA) is 37.3 Å². The van der Waals surface area contributed by atoms with E-state index in [1.165, 1.54) is 12.8 Å². The highest BCUT2D eigenvalue weighted by Gasteiger charge is 2.58. The van der Waals surface area contributed by atoms with Gasteiger partial charge in [0.2, 0.25) is 0 Å². The van der Waals surface area contributed by atoms with Gasteiger partial charge in [-0.3, -0.25) is 4.79 Å². The first-order chi connectivity index (χ1) is 10.3. The predicted octanol–water partition coefficient (Wildman–Crippen LogP) is 5.21. The minimum absolute atomic E-state index is 0.139. The number of rotatable bonds is 2. The largest absolute Gasteiger partial charge is 0.481 e. The van der Waals surface area contributed by atoms with Gasteiger partial charge in [0.05, 0.1) is 5.41 Å². The highest BCUT2D eigenvalue weighted by atomic mass is 16.4. The third kappa shape index (κ3) is 2.10. The molecule has 0 saturated heterocycles. The van der Waals surface area contributed by atoms with Crippen LogP contribution >= 0.6 is 0 Å². The number of hydrogen-bond acceptors (Lipinski definition) is 1. The summed E-state index contributed by atoms with van der Waals surface area (Å²) in [6.45, 7) is 10.7. The van der Waals surface area contributed by atoms with Gasteiger partial charge in [-0.15, -0.1) is 6.58 Å². The minimum Gasteiger partial charge on any atom is -0.481 e. The number of fused-ring (bicyclic) bond motifs is 3. The zero-order valence-corrected chi connectivity index (χ0v) is 14.3. The summed E-state index contributed by atoms with van der Waals surface area (Å²) in [4.78, 5) is 12.0. The standard InChI is InChI=1S/C20H30O2/c1-5-18(2)12-9-15-14(13-18)7-8-16-19(15,3)10-6-11-20(16,4)17(21)22/h5,13,15-16H,1,6-12H2,2-4H3,(H,21,22)/t15-,16-,18-,19-,20+/m1/s1. The molecule has 0 unspecified atom stereocenters. The van der Waals surface area contributed by atoms with Crippen LogP contribution in [0.5, 0.6) is 0 Å². The second-order valence-corrected chi connectivity index (χ2v) is 8.69. The zero-order chi connectivity index (χ0) is 16.2. The van der Waals surface area contributed by atoms with Crippen LogP contribution in [0, 0.1) is 28.1 Å². The van der Waals surface area contributed by atoms with Gasteiger partial charge in [0.1, 0.15) is 0 Å². The van der Waals surface area contributed by atoms with Crippen LogP contribution in [0.3, 0.4) is 0 Å². The molecule has 0 aromatic rings. The number of carboxylic acid groups (broad SMARTS) is 1. The van der Waals surface area contributed by atoms with Crippen molar-refractivity contribution in [2.45, 2.75) is 65.7 Å². The first-order valence-electron chi connectivity index (χ1n) is 8.84. The van der Waals surface area contributed by atoms with Gasteiger partial charge in [0, 0.05) is 5.41 Å². The molecule has 5 atom stereocenters. The van der Waals surface area contributed by atoms with E-state index < -0.39 is 11.4 Å². The Labute approximate surface area is 134 Å². The van der Waals surface area contributed by atoms with E-state index in [-0.39, 0.29) is 10.8 Å². The lowest BCUT2D eigenvalue weighted by molar-refractivity contribution is -0.164. The van der Waals surface area contributed by atoms with Crippen molar-refractivity contribution >= 4 is 5.97 Å². The minimum atomic E-state index is -0.581. The van der Waals surface area contributed by atoms with E-state index in [0.29, 0.717) is 11.8 Å². The molecular weight excluding hydrogens is 272 g/mol. The molecule has 3 aliphatic rings. The van der Waals surface area contributed by atoms with Crippen molar-refractivity contribution in [3.8, 4) is 0 Å². The van der Waals surface area contributed by atoms with Crippen molar-refractivity contribution in [2.75, 3.05) is 0 Å². The number of aliphatic carboxylic acids is 1. The fraction of sp³-hybridized carbons (Fsp3) is 0.750. The molecule has 0 bridgehead atoms. The van der Waals surface area contributed by atoms with Crippen molar-refractivity contribution in [1.82, 2.24) is 0 Å².